The van der Waals surface area contributed by atoms with E-state index in [9.17, 15) is 5.11 Å². The molecular formula is C8H10O4. The van der Waals surface area contributed by atoms with Gasteiger partial charge in [-0.2, -0.15) is 0 Å². The van der Waals surface area contributed by atoms with E-state index in [-0.39, 0.29) is 11.3 Å². The number of aliphatic hydroxyl groups is 2. The Bertz CT molecular complexity index is 293. The van der Waals surface area contributed by atoms with Crippen molar-refractivity contribution < 1.29 is 20.4 Å². The van der Waals surface area contributed by atoms with E-state index in [1.807, 2.05) is 0 Å². The summed E-state index contributed by atoms with van der Waals surface area (Å²) in [4.78, 5) is 0. The van der Waals surface area contributed by atoms with Gasteiger partial charge in [-0.25, -0.2) is 0 Å². The molecule has 1 aromatic rings. The predicted molar refractivity (Wildman–Crippen MR) is 41.7 cm³/mol. The lowest BCUT2D eigenvalue weighted by atomic mass is 10.1. The average Bonchev–Trinajstić information content (AvgIpc) is 2.00. The molecular weight excluding hydrogens is 160 g/mol. The van der Waals surface area contributed by atoms with Gasteiger partial charge in [0.25, 0.3) is 0 Å². The number of aliphatic hydroxyl groups excluding tert-OH is 1. The number of benzene rings is 1. The van der Waals surface area contributed by atoms with E-state index in [0.717, 1.165) is 0 Å². The molecule has 0 unspecified atom stereocenters. The van der Waals surface area contributed by atoms with Gasteiger partial charge < -0.3 is 20.4 Å². The van der Waals surface area contributed by atoms with Crippen molar-refractivity contribution in [2.24, 2.45) is 0 Å². The molecule has 0 heterocycles. The Morgan fingerprint density at radius 1 is 1.08 bits per heavy atom. The Morgan fingerprint density at radius 2 is 1.67 bits per heavy atom. The van der Waals surface area contributed by atoms with Crippen molar-refractivity contribution >= 4 is 0 Å². The lowest BCUT2D eigenvalue weighted by Crippen LogP contribution is -1.95. The molecule has 0 spiro atoms. The van der Waals surface area contributed by atoms with Gasteiger partial charge in [0, 0.05) is 0 Å². The summed E-state index contributed by atoms with van der Waals surface area (Å²) < 4.78 is 0. The molecule has 0 aliphatic rings. The number of hydrogen-bond donors (Lipinski definition) is 4. The summed E-state index contributed by atoms with van der Waals surface area (Å²) in [6.45, 7) is 1.60. The maximum atomic E-state index is 9.18. The third-order valence-corrected chi connectivity index (χ3v) is 1.66. The monoisotopic (exact) mass is 170 g/mol. The van der Waals surface area contributed by atoms with Crippen LogP contribution in [-0.4, -0.2) is 20.4 Å². The second kappa shape index (κ2) is 3.00. The zero-order valence-electron chi connectivity index (χ0n) is 6.52. The fraction of sp³-hybridized carbons (Fsp3) is 0.250. The zero-order valence-corrected chi connectivity index (χ0v) is 6.52. The highest BCUT2D eigenvalue weighted by atomic mass is 16.5. The van der Waals surface area contributed by atoms with Crippen LogP contribution in [0.2, 0.25) is 0 Å². The lowest BCUT2D eigenvalue weighted by Gasteiger charge is -2.09. The summed E-state index contributed by atoms with van der Waals surface area (Å²) in [5, 5.41) is 35.8. The van der Waals surface area contributed by atoms with Crippen LogP contribution in [0.25, 0.3) is 0 Å². The van der Waals surface area contributed by atoms with Crippen LogP contribution in [0.5, 0.6) is 11.5 Å². The molecule has 0 aromatic heterocycles. The van der Waals surface area contributed by atoms with E-state index >= 15 is 0 Å². The first-order valence-electron chi connectivity index (χ1n) is 3.41. The number of phenolic OH excluding ortho intramolecular Hbond substituents is 2. The molecule has 0 amide bonds. The number of rotatable bonds is 1. The van der Waals surface area contributed by atoms with Crippen LogP contribution in [0.3, 0.4) is 0 Å². The van der Waals surface area contributed by atoms with Crippen molar-refractivity contribution in [3.8, 4) is 11.5 Å². The minimum absolute atomic E-state index is 0.0990. The van der Waals surface area contributed by atoms with Crippen molar-refractivity contribution in [3.05, 3.63) is 23.3 Å². The topological polar surface area (TPSA) is 80.9 Å². The highest BCUT2D eigenvalue weighted by Crippen LogP contribution is 2.34. The third kappa shape index (κ3) is 1.34. The maximum absolute atomic E-state index is 9.18. The third-order valence-electron chi connectivity index (χ3n) is 1.66. The first-order valence-corrected chi connectivity index (χ1v) is 3.41. The Hall–Kier alpha value is -1.26. The maximum Gasteiger partial charge on any atom is 0.182 e. The van der Waals surface area contributed by atoms with Gasteiger partial charge in [-0.3, -0.25) is 0 Å². The van der Waals surface area contributed by atoms with Crippen LogP contribution in [0.4, 0.5) is 0 Å². The van der Waals surface area contributed by atoms with Crippen molar-refractivity contribution in [2.75, 3.05) is 0 Å². The van der Waals surface area contributed by atoms with Crippen LogP contribution in [0, 0.1) is 6.92 Å². The van der Waals surface area contributed by atoms with Gasteiger partial charge in [-0.15, -0.1) is 0 Å². The van der Waals surface area contributed by atoms with Crippen LogP contribution in [-0.2, 0) is 0 Å². The molecule has 1 rings (SSSR count). The van der Waals surface area contributed by atoms with E-state index in [1.54, 1.807) is 6.92 Å². The van der Waals surface area contributed by atoms with Gasteiger partial charge in [0.05, 0.1) is 5.56 Å². The largest absolute Gasteiger partial charge is 0.504 e. The second-order valence-corrected chi connectivity index (χ2v) is 2.54. The summed E-state index contributed by atoms with van der Waals surface area (Å²) in [6.07, 6.45) is -1.77. The normalized spacial score (nSPS) is 10.7. The minimum atomic E-state index is -1.77. The van der Waals surface area contributed by atoms with Crippen molar-refractivity contribution in [2.45, 2.75) is 13.2 Å². The predicted octanol–water partition coefficient (Wildman–Crippen LogP) is 0.389. The second-order valence-electron chi connectivity index (χ2n) is 2.54. The van der Waals surface area contributed by atoms with Gasteiger partial charge in [-0.1, -0.05) is 6.07 Å². The minimum Gasteiger partial charge on any atom is -0.504 e. The zero-order chi connectivity index (χ0) is 9.30. The van der Waals surface area contributed by atoms with Crippen LogP contribution < -0.4 is 0 Å². The highest BCUT2D eigenvalue weighted by molar-refractivity contribution is 5.49. The molecule has 0 aliphatic carbocycles. The Morgan fingerprint density at radius 3 is 2.17 bits per heavy atom. The standard InChI is InChI=1S/C8H10O4/c1-4-2-3-5(8(11)12)7(10)6(4)9/h2-3,8-12H,1H3. The van der Waals surface area contributed by atoms with E-state index in [0.29, 0.717) is 5.56 Å². The molecule has 0 saturated heterocycles. The van der Waals surface area contributed by atoms with Gasteiger partial charge in [0.2, 0.25) is 0 Å². The number of aryl methyl sites for hydroxylation is 1. The first-order chi connectivity index (χ1) is 5.54. The molecule has 0 fully saturated rings. The molecule has 0 atom stereocenters. The highest BCUT2D eigenvalue weighted by Gasteiger charge is 2.13. The molecule has 4 N–H and O–H groups in total. The van der Waals surface area contributed by atoms with E-state index in [1.165, 1.54) is 12.1 Å². The van der Waals surface area contributed by atoms with E-state index in [4.69, 9.17) is 15.3 Å². The SMILES string of the molecule is Cc1ccc(C(O)O)c(O)c1O. The lowest BCUT2D eigenvalue weighted by molar-refractivity contribution is -0.0440. The molecule has 0 radical (unpaired) electrons. The summed E-state index contributed by atoms with van der Waals surface area (Å²) in [5.41, 5.74) is 0.384. The quantitative estimate of drug-likeness (QED) is 0.363. The van der Waals surface area contributed by atoms with Gasteiger partial charge in [-0.05, 0) is 18.6 Å². The van der Waals surface area contributed by atoms with Crippen LogP contribution >= 0.6 is 0 Å². The fourth-order valence-corrected chi connectivity index (χ4v) is 0.904. The summed E-state index contributed by atoms with van der Waals surface area (Å²) >= 11 is 0. The molecule has 0 saturated carbocycles. The molecule has 0 aliphatic heterocycles. The fourth-order valence-electron chi connectivity index (χ4n) is 0.904. The number of phenols is 2. The van der Waals surface area contributed by atoms with Gasteiger partial charge in [0.15, 0.2) is 17.8 Å². The Balaban J connectivity index is 3.27. The van der Waals surface area contributed by atoms with E-state index < -0.39 is 12.0 Å². The molecule has 4 heteroatoms. The average molecular weight is 170 g/mol. The van der Waals surface area contributed by atoms with E-state index in [2.05, 4.69) is 0 Å². The van der Waals surface area contributed by atoms with Gasteiger partial charge in [0.1, 0.15) is 0 Å². The summed E-state index contributed by atoms with van der Waals surface area (Å²) in [6, 6.07) is 2.83. The number of aromatic hydroxyl groups is 2. The van der Waals surface area contributed by atoms with Crippen molar-refractivity contribution in [3.63, 3.8) is 0 Å². The smallest absolute Gasteiger partial charge is 0.182 e. The first kappa shape index (κ1) is 8.83. The Labute approximate surface area is 69.3 Å². The van der Waals surface area contributed by atoms with Crippen molar-refractivity contribution in [1.29, 1.82) is 0 Å². The molecule has 0 bridgehead atoms. The Kier molecular flexibility index (Phi) is 2.21. The van der Waals surface area contributed by atoms with Crippen LogP contribution in [0.1, 0.15) is 17.4 Å². The molecule has 1 aromatic carbocycles. The molecule has 66 valence electrons. The van der Waals surface area contributed by atoms with Crippen molar-refractivity contribution in [1.82, 2.24) is 0 Å². The number of hydrogen-bond acceptors (Lipinski definition) is 4. The van der Waals surface area contributed by atoms with Crippen LogP contribution in [0.15, 0.2) is 12.1 Å². The molecule has 4 nitrogen and oxygen atoms in total. The molecule has 12 heavy (non-hydrogen) atoms. The summed E-state index contributed by atoms with van der Waals surface area (Å²) in [5.74, 6) is -0.800. The summed E-state index contributed by atoms with van der Waals surface area (Å²) in [7, 11) is 0. The van der Waals surface area contributed by atoms with Gasteiger partial charge >= 0.3 is 0 Å².